The smallest absolute Gasteiger partial charge is 0.303 e. The fraction of sp³-hybridized carbons (Fsp3) is 0.882. The Labute approximate surface area is 138 Å². The molecule has 0 saturated carbocycles. The van der Waals surface area contributed by atoms with Crippen molar-refractivity contribution >= 4 is 11.9 Å². The van der Waals surface area contributed by atoms with Crippen molar-refractivity contribution in [2.75, 3.05) is 6.61 Å². The summed E-state index contributed by atoms with van der Waals surface area (Å²) in [5.74, 6) is -1.02. The predicted octanol–water partition coefficient (Wildman–Crippen LogP) is 2.83. The van der Waals surface area contributed by atoms with Crippen LogP contribution in [0.25, 0.3) is 0 Å². The SMILES string of the molecule is CCCCO[C@@H]1OC(CCC)[C@@H](OC(C)=O)[C@H](OC(C)=O)C1C. The van der Waals surface area contributed by atoms with Crippen molar-refractivity contribution in [1.29, 1.82) is 0 Å². The molecule has 0 amide bonds. The molecule has 1 aliphatic rings. The van der Waals surface area contributed by atoms with Gasteiger partial charge in [-0.15, -0.1) is 0 Å². The summed E-state index contributed by atoms with van der Waals surface area (Å²) < 4.78 is 22.7. The van der Waals surface area contributed by atoms with Gasteiger partial charge in [0.05, 0.1) is 0 Å². The molecule has 0 aromatic rings. The maximum atomic E-state index is 11.5. The summed E-state index contributed by atoms with van der Waals surface area (Å²) in [5, 5.41) is 0. The quantitative estimate of drug-likeness (QED) is 0.503. The first kappa shape index (κ1) is 19.9. The molecule has 0 aliphatic carbocycles. The molecular formula is C17H30O6. The van der Waals surface area contributed by atoms with Gasteiger partial charge in [-0.25, -0.2) is 0 Å². The zero-order valence-corrected chi connectivity index (χ0v) is 14.9. The molecular weight excluding hydrogens is 300 g/mol. The second-order valence-corrected chi connectivity index (χ2v) is 6.06. The highest BCUT2D eigenvalue weighted by molar-refractivity contribution is 5.67. The number of esters is 2. The largest absolute Gasteiger partial charge is 0.458 e. The molecule has 23 heavy (non-hydrogen) atoms. The van der Waals surface area contributed by atoms with Crippen molar-refractivity contribution in [2.45, 2.75) is 84.9 Å². The fourth-order valence-electron chi connectivity index (χ4n) is 2.79. The summed E-state index contributed by atoms with van der Waals surface area (Å²) in [7, 11) is 0. The Hall–Kier alpha value is -1.14. The number of carbonyl (C=O) groups is 2. The normalized spacial score (nSPS) is 30.7. The molecule has 0 radical (unpaired) electrons. The molecule has 1 saturated heterocycles. The molecule has 1 rings (SSSR count). The molecule has 0 N–H and O–H groups in total. The van der Waals surface area contributed by atoms with Crippen molar-refractivity contribution in [3.05, 3.63) is 0 Å². The first-order chi connectivity index (χ1) is 10.9. The van der Waals surface area contributed by atoms with Gasteiger partial charge in [0.25, 0.3) is 0 Å². The zero-order valence-electron chi connectivity index (χ0n) is 14.9. The number of ether oxygens (including phenoxy) is 4. The lowest BCUT2D eigenvalue weighted by atomic mass is 9.90. The van der Waals surface area contributed by atoms with E-state index in [1.807, 2.05) is 13.8 Å². The van der Waals surface area contributed by atoms with Gasteiger partial charge in [-0.05, 0) is 12.8 Å². The minimum Gasteiger partial charge on any atom is -0.458 e. The second kappa shape index (κ2) is 9.88. The topological polar surface area (TPSA) is 71.1 Å². The lowest BCUT2D eigenvalue weighted by Gasteiger charge is -2.44. The highest BCUT2D eigenvalue weighted by Crippen LogP contribution is 2.33. The average Bonchev–Trinajstić information content (AvgIpc) is 2.46. The van der Waals surface area contributed by atoms with Crippen LogP contribution >= 0.6 is 0 Å². The van der Waals surface area contributed by atoms with Crippen LogP contribution in [0.15, 0.2) is 0 Å². The average molecular weight is 330 g/mol. The molecule has 0 spiro atoms. The van der Waals surface area contributed by atoms with Gasteiger partial charge in [0.1, 0.15) is 12.2 Å². The lowest BCUT2D eigenvalue weighted by molar-refractivity contribution is -0.284. The first-order valence-electron chi connectivity index (χ1n) is 8.52. The molecule has 6 nitrogen and oxygen atoms in total. The third-order valence-corrected chi connectivity index (χ3v) is 3.90. The van der Waals surface area contributed by atoms with Crippen LogP contribution in [0.3, 0.4) is 0 Å². The Bertz CT molecular complexity index is 383. The lowest BCUT2D eigenvalue weighted by Crippen LogP contribution is -2.57. The third-order valence-electron chi connectivity index (χ3n) is 3.90. The van der Waals surface area contributed by atoms with E-state index in [1.165, 1.54) is 13.8 Å². The van der Waals surface area contributed by atoms with E-state index in [1.54, 1.807) is 0 Å². The molecule has 134 valence electrons. The highest BCUT2D eigenvalue weighted by atomic mass is 16.7. The standard InChI is InChI=1S/C17H30O6/c1-6-8-10-20-17-11(3)15(21-12(4)18)16(22-13(5)19)14(23-17)9-7-2/h11,14-17H,6-10H2,1-5H3/t11?,14?,15-,16-,17-/m1/s1. The molecule has 2 unspecified atom stereocenters. The van der Waals surface area contributed by atoms with Crippen LogP contribution in [-0.2, 0) is 28.5 Å². The van der Waals surface area contributed by atoms with Crippen LogP contribution in [0.4, 0.5) is 0 Å². The minimum absolute atomic E-state index is 0.215. The van der Waals surface area contributed by atoms with E-state index in [2.05, 4.69) is 6.92 Å². The molecule has 1 heterocycles. The van der Waals surface area contributed by atoms with E-state index < -0.39 is 30.4 Å². The van der Waals surface area contributed by atoms with Crippen LogP contribution in [0.2, 0.25) is 0 Å². The Kier molecular flexibility index (Phi) is 8.55. The van der Waals surface area contributed by atoms with E-state index in [9.17, 15) is 9.59 Å². The maximum Gasteiger partial charge on any atom is 0.303 e. The van der Waals surface area contributed by atoms with Gasteiger partial charge in [0.2, 0.25) is 0 Å². The molecule has 0 aromatic carbocycles. The molecule has 0 aromatic heterocycles. The summed E-state index contributed by atoms with van der Waals surface area (Å²) in [6.45, 7) is 9.31. The molecule has 6 heteroatoms. The number of hydrogen-bond acceptors (Lipinski definition) is 6. The minimum atomic E-state index is -0.600. The third kappa shape index (κ3) is 6.11. The first-order valence-corrected chi connectivity index (χ1v) is 8.52. The van der Waals surface area contributed by atoms with Gasteiger partial charge in [-0.3, -0.25) is 9.59 Å². The predicted molar refractivity (Wildman–Crippen MR) is 84.7 cm³/mol. The number of rotatable bonds is 8. The highest BCUT2D eigenvalue weighted by Gasteiger charge is 2.47. The van der Waals surface area contributed by atoms with Gasteiger partial charge in [0.15, 0.2) is 12.4 Å². The summed E-state index contributed by atoms with van der Waals surface area (Å²) in [6.07, 6.45) is 1.58. The van der Waals surface area contributed by atoms with E-state index in [-0.39, 0.29) is 12.0 Å². The Balaban J connectivity index is 2.92. The Morgan fingerprint density at radius 1 is 1.00 bits per heavy atom. The van der Waals surface area contributed by atoms with Crippen molar-refractivity contribution in [2.24, 2.45) is 5.92 Å². The second-order valence-electron chi connectivity index (χ2n) is 6.06. The van der Waals surface area contributed by atoms with E-state index >= 15 is 0 Å². The van der Waals surface area contributed by atoms with Gasteiger partial charge in [-0.1, -0.05) is 33.6 Å². The zero-order chi connectivity index (χ0) is 17.4. The monoisotopic (exact) mass is 330 g/mol. The van der Waals surface area contributed by atoms with Gasteiger partial charge >= 0.3 is 11.9 Å². The Morgan fingerprint density at radius 3 is 2.13 bits per heavy atom. The van der Waals surface area contributed by atoms with Crippen molar-refractivity contribution in [3.8, 4) is 0 Å². The number of carbonyl (C=O) groups excluding carboxylic acids is 2. The van der Waals surface area contributed by atoms with Gasteiger partial charge < -0.3 is 18.9 Å². The molecule has 1 fully saturated rings. The van der Waals surface area contributed by atoms with E-state index in [4.69, 9.17) is 18.9 Å². The van der Waals surface area contributed by atoms with Crippen LogP contribution in [-0.4, -0.2) is 43.1 Å². The Morgan fingerprint density at radius 2 is 1.61 bits per heavy atom. The maximum absolute atomic E-state index is 11.5. The van der Waals surface area contributed by atoms with Crippen molar-refractivity contribution in [3.63, 3.8) is 0 Å². The summed E-state index contributed by atoms with van der Waals surface area (Å²) >= 11 is 0. The summed E-state index contributed by atoms with van der Waals surface area (Å²) in [4.78, 5) is 22.9. The van der Waals surface area contributed by atoms with E-state index in [0.29, 0.717) is 13.0 Å². The number of hydrogen-bond donors (Lipinski definition) is 0. The molecule has 0 bridgehead atoms. The van der Waals surface area contributed by atoms with Crippen molar-refractivity contribution in [1.82, 2.24) is 0 Å². The summed E-state index contributed by atoms with van der Waals surface area (Å²) in [6, 6.07) is 0. The fourth-order valence-corrected chi connectivity index (χ4v) is 2.79. The summed E-state index contributed by atoms with van der Waals surface area (Å²) in [5.41, 5.74) is 0. The van der Waals surface area contributed by atoms with Crippen LogP contribution < -0.4 is 0 Å². The molecule has 1 aliphatic heterocycles. The van der Waals surface area contributed by atoms with Gasteiger partial charge in [-0.2, -0.15) is 0 Å². The van der Waals surface area contributed by atoms with E-state index in [0.717, 1.165) is 19.3 Å². The van der Waals surface area contributed by atoms with Crippen LogP contribution in [0, 0.1) is 5.92 Å². The molecule has 5 atom stereocenters. The number of unbranched alkanes of at least 4 members (excludes halogenated alkanes) is 1. The van der Waals surface area contributed by atoms with Crippen LogP contribution in [0.5, 0.6) is 0 Å². The van der Waals surface area contributed by atoms with Gasteiger partial charge in [0, 0.05) is 26.4 Å². The van der Waals surface area contributed by atoms with Crippen molar-refractivity contribution < 1.29 is 28.5 Å². The van der Waals surface area contributed by atoms with Crippen LogP contribution in [0.1, 0.15) is 60.3 Å².